The molecule has 17 heavy (non-hydrogen) atoms. The second-order valence-electron chi connectivity index (χ2n) is 4.09. The van der Waals surface area contributed by atoms with E-state index in [9.17, 15) is 0 Å². The van der Waals surface area contributed by atoms with Crippen molar-refractivity contribution < 1.29 is 0 Å². The van der Waals surface area contributed by atoms with E-state index >= 15 is 0 Å². The molecule has 2 aromatic rings. The quantitative estimate of drug-likeness (QED) is 0.686. The smallest absolute Gasteiger partial charge is 0.0106 e. The predicted molar refractivity (Wildman–Crippen MR) is 76.8 cm³/mol. The van der Waals surface area contributed by atoms with Gasteiger partial charge in [-0.05, 0) is 29.2 Å². The summed E-state index contributed by atoms with van der Waals surface area (Å²) in [6.07, 6.45) is 3.77. The summed E-state index contributed by atoms with van der Waals surface area (Å²) in [6.45, 7) is 9.85. The summed E-state index contributed by atoms with van der Waals surface area (Å²) in [5, 5.41) is 0. The second kappa shape index (κ2) is 4.84. The van der Waals surface area contributed by atoms with Gasteiger partial charge in [0.05, 0.1) is 0 Å². The van der Waals surface area contributed by atoms with Crippen LogP contribution in [0, 0.1) is 6.92 Å². The van der Waals surface area contributed by atoms with Crippen LogP contribution in [0.5, 0.6) is 0 Å². The molecule has 0 aliphatic heterocycles. The summed E-state index contributed by atoms with van der Waals surface area (Å²) < 4.78 is 0. The molecule has 0 atom stereocenters. The van der Waals surface area contributed by atoms with Crippen LogP contribution >= 0.6 is 0 Å². The molecule has 0 N–H and O–H groups in total. The van der Waals surface area contributed by atoms with Gasteiger partial charge in [0, 0.05) is 0 Å². The molecule has 0 aliphatic rings. The summed E-state index contributed by atoms with van der Waals surface area (Å²) in [4.78, 5) is 0. The van der Waals surface area contributed by atoms with Gasteiger partial charge in [0.1, 0.15) is 0 Å². The fourth-order valence-corrected chi connectivity index (χ4v) is 2.05. The monoisotopic (exact) mass is 220 g/mol. The molecule has 0 aromatic heterocycles. The molecule has 0 heterocycles. The van der Waals surface area contributed by atoms with E-state index in [0.717, 1.165) is 11.1 Å². The Labute approximate surface area is 103 Å². The van der Waals surface area contributed by atoms with Crippen molar-refractivity contribution in [2.45, 2.75) is 6.92 Å². The fourth-order valence-electron chi connectivity index (χ4n) is 2.05. The Kier molecular flexibility index (Phi) is 3.24. The molecule has 0 spiro atoms. The first-order valence-corrected chi connectivity index (χ1v) is 5.71. The Balaban J connectivity index is 2.67. The van der Waals surface area contributed by atoms with Gasteiger partial charge >= 0.3 is 0 Å². The first-order chi connectivity index (χ1) is 8.26. The van der Waals surface area contributed by atoms with Crippen LogP contribution in [-0.4, -0.2) is 0 Å². The van der Waals surface area contributed by atoms with Crippen molar-refractivity contribution in [3.63, 3.8) is 0 Å². The Morgan fingerprint density at radius 2 is 1.71 bits per heavy atom. The minimum atomic E-state index is 1.12. The van der Waals surface area contributed by atoms with Gasteiger partial charge in [-0.15, -0.1) is 0 Å². The van der Waals surface area contributed by atoms with E-state index < -0.39 is 0 Å². The lowest BCUT2D eigenvalue weighted by Crippen LogP contribution is -1.87. The Hall–Kier alpha value is -2.08. The molecule has 0 heteroatoms. The molecular formula is C17H16. The van der Waals surface area contributed by atoms with Gasteiger partial charge in [-0.1, -0.05) is 73.3 Å². The minimum Gasteiger partial charge on any atom is -0.0984 e. The van der Waals surface area contributed by atoms with Crippen molar-refractivity contribution in [3.05, 3.63) is 72.3 Å². The molecule has 0 aliphatic carbocycles. The van der Waals surface area contributed by atoms with Crippen LogP contribution in [0.4, 0.5) is 0 Å². The van der Waals surface area contributed by atoms with Gasteiger partial charge in [0.25, 0.3) is 0 Å². The van der Waals surface area contributed by atoms with Crippen molar-refractivity contribution in [1.82, 2.24) is 0 Å². The highest BCUT2D eigenvalue weighted by Gasteiger charge is 2.05. The third kappa shape index (κ3) is 2.21. The Bertz CT molecular complexity index is 562. The SMILES string of the molecule is C=Cc1cccc(-c2cccc(C)c2)c1C=C. The van der Waals surface area contributed by atoms with Crippen molar-refractivity contribution in [2.24, 2.45) is 0 Å². The molecule has 0 unspecified atom stereocenters. The molecule has 0 saturated carbocycles. The summed E-state index contributed by atoms with van der Waals surface area (Å²) in [7, 11) is 0. The molecule has 0 bridgehead atoms. The maximum atomic E-state index is 3.90. The largest absolute Gasteiger partial charge is 0.0984 e. The summed E-state index contributed by atoms with van der Waals surface area (Å²) in [6, 6.07) is 14.7. The van der Waals surface area contributed by atoms with Crippen LogP contribution in [0.25, 0.3) is 23.3 Å². The van der Waals surface area contributed by atoms with E-state index in [-0.39, 0.29) is 0 Å². The van der Waals surface area contributed by atoms with Crippen molar-refractivity contribution in [2.75, 3.05) is 0 Å². The molecule has 0 fully saturated rings. The van der Waals surface area contributed by atoms with Crippen LogP contribution < -0.4 is 0 Å². The van der Waals surface area contributed by atoms with Crippen LogP contribution in [0.15, 0.2) is 55.6 Å². The molecule has 2 aromatic carbocycles. The zero-order chi connectivity index (χ0) is 12.3. The van der Waals surface area contributed by atoms with E-state index in [1.165, 1.54) is 16.7 Å². The predicted octanol–water partition coefficient (Wildman–Crippen LogP) is 4.95. The summed E-state index contributed by atoms with van der Waals surface area (Å²) in [5.41, 5.74) is 5.97. The standard InChI is InChI=1S/C17H16/c1-4-14-9-7-11-17(16(14)5-2)15-10-6-8-13(3)12-15/h4-12H,1-2H2,3H3. The normalized spacial score (nSPS) is 9.94. The van der Waals surface area contributed by atoms with E-state index in [0.29, 0.717) is 0 Å². The van der Waals surface area contributed by atoms with Gasteiger partial charge in [-0.3, -0.25) is 0 Å². The lowest BCUT2D eigenvalue weighted by Gasteiger charge is -2.10. The van der Waals surface area contributed by atoms with Crippen LogP contribution in [0.2, 0.25) is 0 Å². The average Bonchev–Trinajstić information content (AvgIpc) is 2.37. The van der Waals surface area contributed by atoms with E-state index in [4.69, 9.17) is 0 Å². The van der Waals surface area contributed by atoms with Gasteiger partial charge in [0.2, 0.25) is 0 Å². The van der Waals surface area contributed by atoms with Gasteiger partial charge in [-0.25, -0.2) is 0 Å². The van der Waals surface area contributed by atoms with E-state index in [1.807, 2.05) is 12.2 Å². The highest BCUT2D eigenvalue weighted by atomic mass is 14.1. The fraction of sp³-hybridized carbons (Fsp3) is 0.0588. The van der Waals surface area contributed by atoms with Gasteiger partial charge < -0.3 is 0 Å². The third-order valence-corrected chi connectivity index (χ3v) is 2.89. The number of rotatable bonds is 3. The molecule has 84 valence electrons. The molecule has 0 nitrogen and oxygen atoms in total. The number of benzene rings is 2. The lowest BCUT2D eigenvalue weighted by molar-refractivity contribution is 1.46. The lowest BCUT2D eigenvalue weighted by atomic mass is 9.94. The Morgan fingerprint density at radius 3 is 2.35 bits per heavy atom. The number of aryl methyl sites for hydroxylation is 1. The number of hydrogen-bond donors (Lipinski definition) is 0. The van der Waals surface area contributed by atoms with Crippen molar-refractivity contribution in [1.29, 1.82) is 0 Å². The van der Waals surface area contributed by atoms with Crippen molar-refractivity contribution >= 4 is 12.2 Å². The second-order valence-corrected chi connectivity index (χ2v) is 4.09. The highest BCUT2D eigenvalue weighted by molar-refractivity contribution is 5.80. The summed E-state index contributed by atoms with van der Waals surface area (Å²) in [5.74, 6) is 0. The van der Waals surface area contributed by atoms with Crippen LogP contribution in [0.1, 0.15) is 16.7 Å². The zero-order valence-corrected chi connectivity index (χ0v) is 10.1. The molecule has 0 saturated heterocycles. The minimum absolute atomic E-state index is 1.12. The molecule has 0 amide bonds. The van der Waals surface area contributed by atoms with Crippen LogP contribution in [-0.2, 0) is 0 Å². The maximum absolute atomic E-state index is 3.90. The third-order valence-electron chi connectivity index (χ3n) is 2.89. The summed E-state index contributed by atoms with van der Waals surface area (Å²) >= 11 is 0. The average molecular weight is 220 g/mol. The van der Waals surface area contributed by atoms with Gasteiger partial charge in [-0.2, -0.15) is 0 Å². The van der Waals surface area contributed by atoms with E-state index in [2.05, 4.69) is 62.5 Å². The first-order valence-electron chi connectivity index (χ1n) is 5.71. The van der Waals surface area contributed by atoms with E-state index in [1.54, 1.807) is 0 Å². The molecule has 0 radical (unpaired) electrons. The van der Waals surface area contributed by atoms with Crippen LogP contribution in [0.3, 0.4) is 0 Å². The molecular weight excluding hydrogens is 204 g/mol. The molecule has 2 rings (SSSR count). The zero-order valence-electron chi connectivity index (χ0n) is 10.1. The topological polar surface area (TPSA) is 0 Å². The first kappa shape index (κ1) is 11.4. The van der Waals surface area contributed by atoms with Crippen molar-refractivity contribution in [3.8, 4) is 11.1 Å². The number of hydrogen-bond acceptors (Lipinski definition) is 0. The maximum Gasteiger partial charge on any atom is -0.0106 e. The Morgan fingerprint density at radius 1 is 0.941 bits per heavy atom. The highest BCUT2D eigenvalue weighted by Crippen LogP contribution is 2.28. The van der Waals surface area contributed by atoms with Gasteiger partial charge in [0.15, 0.2) is 0 Å².